The summed E-state index contributed by atoms with van der Waals surface area (Å²) in [6.07, 6.45) is 2.38. The van der Waals surface area contributed by atoms with Crippen LogP contribution in [0.1, 0.15) is 103 Å². The predicted octanol–water partition coefficient (Wildman–Crippen LogP) is 19.0. The SMILES string of the molecule is CC(C)(C)c1ccc(Nc2cc3c(cc2-c2ccc4c5cc6sc7ccccc7c6cc5n5c4c2[B]c2cc4sc(-c6ccccc6)c(-c6ccccc6)c4cc2-5)-c2cc4c(cc2C3(C)C)C(C)(C)CCC4(C)C)cc1. The lowest BCUT2D eigenvalue weighted by atomic mass is 9.59. The Morgan fingerprint density at radius 2 is 1.16 bits per heavy atom. The minimum atomic E-state index is -0.196. The van der Waals surface area contributed by atoms with E-state index >= 15 is 0 Å². The summed E-state index contributed by atoms with van der Waals surface area (Å²) >= 11 is 3.82. The summed E-state index contributed by atoms with van der Waals surface area (Å²) in [5.41, 5.74) is 24.7. The number of fused-ring (bicyclic) bond motifs is 13. The number of nitrogens with zero attached hydrogens (tertiary/aromatic N) is 1. The van der Waals surface area contributed by atoms with Crippen LogP contribution in [0, 0.1) is 0 Å². The van der Waals surface area contributed by atoms with Crippen LogP contribution < -0.4 is 16.2 Å². The van der Waals surface area contributed by atoms with Crippen molar-refractivity contribution < 1.29 is 0 Å². The molecule has 0 bridgehead atoms. The average molecular weight is 1020 g/mol. The molecule has 76 heavy (non-hydrogen) atoms. The Morgan fingerprint density at radius 1 is 0.500 bits per heavy atom. The molecular formula is C71H60BN2S2. The van der Waals surface area contributed by atoms with Crippen molar-refractivity contribution in [3.05, 3.63) is 198 Å². The molecule has 9 aromatic carbocycles. The number of hydrogen-bond donors (Lipinski definition) is 1. The maximum absolute atomic E-state index is 4.09. The second-order valence-corrected chi connectivity index (χ2v) is 27.2. The van der Waals surface area contributed by atoms with Crippen molar-refractivity contribution in [1.29, 1.82) is 0 Å². The highest BCUT2D eigenvalue weighted by molar-refractivity contribution is 7.26. The van der Waals surface area contributed by atoms with Crippen LogP contribution in [0.15, 0.2) is 170 Å². The summed E-state index contributed by atoms with van der Waals surface area (Å²) in [4.78, 5) is 1.30. The molecular weight excluding hydrogens is 956 g/mol. The molecule has 1 radical (unpaired) electrons. The van der Waals surface area contributed by atoms with E-state index in [1.54, 1.807) is 0 Å². The molecule has 2 nitrogen and oxygen atoms in total. The van der Waals surface area contributed by atoms with Crippen LogP contribution in [0.4, 0.5) is 11.4 Å². The Kier molecular flexibility index (Phi) is 9.68. The molecule has 0 amide bonds. The normalized spacial score (nSPS) is 15.8. The summed E-state index contributed by atoms with van der Waals surface area (Å²) in [5.74, 6) is 0. The topological polar surface area (TPSA) is 17.0 Å². The molecule has 0 unspecified atom stereocenters. The van der Waals surface area contributed by atoms with Crippen LogP contribution in [0.25, 0.3) is 102 Å². The first kappa shape index (κ1) is 46.2. The van der Waals surface area contributed by atoms with Crippen molar-refractivity contribution in [3.63, 3.8) is 0 Å². The molecule has 0 saturated carbocycles. The van der Waals surface area contributed by atoms with Gasteiger partial charge in [-0.25, -0.2) is 0 Å². The van der Waals surface area contributed by atoms with Crippen molar-refractivity contribution in [2.24, 2.45) is 0 Å². The molecule has 0 spiro atoms. The standard InChI is InChI=1S/C71H60BN2S2/c1-68(2,3)42-24-26-43(27-25-42)73-58-38-54-47(48-33-55-56(37-53(48)71(54,8)9)70(6,7)31-30-69(55,4)5)32-49(58)45-28-29-46-50-36-62-51(44-22-16-17-23-61(44)75-62)34-59(50)74-60-35-52-63(39-57(60)72-65(45)66(46)74)76-67(41-20-14-11-15-21-41)64(52)40-18-12-10-13-19-40/h10-29,32-39,73H,30-31H2,1-9H3. The highest BCUT2D eigenvalue weighted by atomic mass is 32.1. The van der Waals surface area contributed by atoms with Gasteiger partial charge in [-0.1, -0.05) is 177 Å². The zero-order valence-electron chi connectivity index (χ0n) is 44.9. The third kappa shape index (κ3) is 6.70. The molecule has 369 valence electrons. The summed E-state index contributed by atoms with van der Waals surface area (Å²) in [6.45, 7) is 21.6. The molecule has 3 aliphatic rings. The van der Waals surface area contributed by atoms with E-state index in [4.69, 9.17) is 0 Å². The fourth-order valence-corrected chi connectivity index (χ4v) is 16.0. The smallest absolute Gasteiger partial charge is 0.197 e. The third-order valence-electron chi connectivity index (χ3n) is 18.0. The van der Waals surface area contributed by atoms with Crippen LogP contribution in [0.5, 0.6) is 0 Å². The molecule has 1 N–H and O–H groups in total. The summed E-state index contributed by atoms with van der Waals surface area (Å²) in [6, 6.07) is 65.3. The van der Waals surface area contributed by atoms with Gasteiger partial charge in [0.15, 0.2) is 7.28 Å². The van der Waals surface area contributed by atoms with Gasteiger partial charge < -0.3 is 9.88 Å². The maximum Gasteiger partial charge on any atom is 0.197 e. The maximum atomic E-state index is 4.09. The zero-order chi connectivity index (χ0) is 51.8. The van der Waals surface area contributed by atoms with Crippen LogP contribution in [-0.4, -0.2) is 11.8 Å². The first-order valence-corrected chi connectivity index (χ1v) is 28.9. The Hall–Kier alpha value is -7.18. The second-order valence-electron chi connectivity index (χ2n) is 25.0. The minimum absolute atomic E-state index is 0.0567. The monoisotopic (exact) mass is 1020 g/mol. The van der Waals surface area contributed by atoms with Crippen molar-refractivity contribution in [2.75, 3.05) is 5.32 Å². The van der Waals surface area contributed by atoms with Crippen molar-refractivity contribution in [3.8, 4) is 49.5 Å². The molecule has 1 aliphatic heterocycles. The van der Waals surface area contributed by atoms with Gasteiger partial charge in [0, 0.05) is 85.0 Å². The van der Waals surface area contributed by atoms with Crippen molar-refractivity contribution in [1.82, 2.24) is 4.57 Å². The van der Waals surface area contributed by atoms with E-state index in [1.165, 1.54) is 153 Å². The van der Waals surface area contributed by atoms with Gasteiger partial charge in [0.1, 0.15) is 0 Å². The van der Waals surface area contributed by atoms with Crippen LogP contribution in [0.2, 0.25) is 0 Å². The highest BCUT2D eigenvalue weighted by Gasteiger charge is 2.43. The molecule has 3 aromatic heterocycles. The first-order chi connectivity index (χ1) is 36.5. The number of rotatable bonds is 5. The van der Waals surface area contributed by atoms with E-state index in [0.29, 0.717) is 0 Å². The quantitative estimate of drug-likeness (QED) is 0.170. The Morgan fingerprint density at radius 3 is 1.89 bits per heavy atom. The molecule has 0 atom stereocenters. The number of thiophene rings is 2. The lowest BCUT2D eigenvalue weighted by molar-refractivity contribution is 0.331. The van der Waals surface area contributed by atoms with Crippen LogP contribution >= 0.6 is 22.7 Å². The highest BCUT2D eigenvalue weighted by Crippen LogP contribution is 2.57. The Labute approximate surface area is 455 Å². The lowest BCUT2D eigenvalue weighted by Crippen LogP contribution is -2.37. The van der Waals surface area contributed by atoms with E-state index in [-0.39, 0.29) is 21.7 Å². The molecule has 12 aromatic rings. The van der Waals surface area contributed by atoms with Gasteiger partial charge in [-0.15, -0.1) is 22.7 Å². The van der Waals surface area contributed by atoms with E-state index in [0.717, 1.165) is 11.4 Å². The van der Waals surface area contributed by atoms with Gasteiger partial charge in [-0.2, -0.15) is 0 Å². The summed E-state index contributed by atoms with van der Waals surface area (Å²) < 4.78 is 6.58. The summed E-state index contributed by atoms with van der Waals surface area (Å²) in [5, 5.41) is 10.6. The van der Waals surface area contributed by atoms with Gasteiger partial charge in [0.25, 0.3) is 0 Å². The number of hydrogen-bond acceptors (Lipinski definition) is 3. The lowest BCUT2D eigenvalue weighted by Gasteiger charge is -2.42. The molecule has 2 aliphatic carbocycles. The van der Waals surface area contributed by atoms with E-state index in [9.17, 15) is 0 Å². The Bertz CT molecular complexity index is 4440. The molecule has 0 fully saturated rings. The molecule has 0 saturated heterocycles. The van der Waals surface area contributed by atoms with E-state index in [1.807, 2.05) is 22.7 Å². The van der Waals surface area contributed by atoms with Gasteiger partial charge >= 0.3 is 0 Å². The van der Waals surface area contributed by atoms with Gasteiger partial charge in [0.05, 0.1) is 5.52 Å². The number of nitrogens with one attached hydrogen (secondary N) is 1. The number of anilines is 2. The molecule has 15 rings (SSSR count). The predicted molar refractivity (Wildman–Crippen MR) is 332 cm³/mol. The fourth-order valence-electron chi connectivity index (χ4n) is 13.6. The van der Waals surface area contributed by atoms with Gasteiger partial charge in [0.2, 0.25) is 0 Å². The molecule has 4 heterocycles. The third-order valence-corrected chi connectivity index (χ3v) is 20.4. The van der Waals surface area contributed by atoms with Crippen molar-refractivity contribution >= 4 is 104 Å². The van der Waals surface area contributed by atoms with Crippen LogP contribution in [-0.2, 0) is 21.7 Å². The van der Waals surface area contributed by atoms with E-state index < -0.39 is 0 Å². The summed E-state index contributed by atoms with van der Waals surface area (Å²) in [7, 11) is 2.53. The number of benzene rings is 9. The second kappa shape index (κ2) is 15.9. The van der Waals surface area contributed by atoms with Crippen LogP contribution in [0.3, 0.4) is 0 Å². The Balaban J connectivity index is 1.02. The molecule has 5 heteroatoms. The first-order valence-electron chi connectivity index (χ1n) is 27.3. The van der Waals surface area contributed by atoms with Gasteiger partial charge in [-0.3, -0.25) is 0 Å². The fraction of sp³-hybridized carbons (Fsp3) is 0.211. The van der Waals surface area contributed by atoms with E-state index in [2.05, 4.69) is 249 Å². The average Bonchev–Trinajstić information content (AvgIpc) is 4.32. The zero-order valence-corrected chi connectivity index (χ0v) is 46.6. The van der Waals surface area contributed by atoms with Crippen molar-refractivity contribution in [2.45, 2.75) is 96.8 Å². The number of aromatic nitrogens is 1. The van der Waals surface area contributed by atoms with Gasteiger partial charge in [-0.05, 0) is 151 Å². The largest absolute Gasteiger partial charge is 0.355 e. The minimum Gasteiger partial charge on any atom is -0.355 e.